The van der Waals surface area contributed by atoms with Gasteiger partial charge in [-0.2, -0.15) is 0 Å². The van der Waals surface area contributed by atoms with Crippen LogP contribution in [0.25, 0.3) is 0 Å². The summed E-state index contributed by atoms with van der Waals surface area (Å²) in [6.07, 6.45) is 1.67. The van der Waals surface area contributed by atoms with Crippen LogP contribution in [-0.4, -0.2) is 44.3 Å². The number of nitrogens with zero attached hydrogens (tertiary/aromatic N) is 2. The van der Waals surface area contributed by atoms with Crippen molar-refractivity contribution in [1.29, 1.82) is 0 Å². The van der Waals surface area contributed by atoms with E-state index in [2.05, 4.69) is 5.32 Å². The smallest absolute Gasteiger partial charge is 0.264 e. The summed E-state index contributed by atoms with van der Waals surface area (Å²) < 4.78 is 29.3. The van der Waals surface area contributed by atoms with Gasteiger partial charge in [-0.1, -0.05) is 86.5 Å². The van der Waals surface area contributed by atoms with E-state index in [-0.39, 0.29) is 17.3 Å². The lowest BCUT2D eigenvalue weighted by Gasteiger charge is -2.34. The van der Waals surface area contributed by atoms with E-state index in [1.807, 2.05) is 45.9 Å². The predicted octanol–water partition coefficient (Wildman–Crippen LogP) is 5.74. The molecule has 0 fully saturated rings. The molecule has 1 N–H and O–H groups in total. The van der Waals surface area contributed by atoms with E-state index in [1.54, 1.807) is 54.6 Å². The average Bonchev–Trinajstić information content (AvgIpc) is 2.95. The number of sulfonamides is 1. The number of aryl methyl sites for hydroxylation is 2. The SMILES string of the molecule is CCCNC(=O)[C@H](CC)N(Cc1ccccc1Cl)C(=O)CN(c1ccccc1CC)S(=O)(=O)c1ccc(C)cc1. The fraction of sp³-hybridized carbons (Fsp3) is 0.355. The van der Waals surface area contributed by atoms with Crippen LogP contribution in [0.1, 0.15) is 50.3 Å². The maximum absolute atomic E-state index is 14.1. The number of anilines is 1. The number of hydrogen-bond acceptors (Lipinski definition) is 4. The van der Waals surface area contributed by atoms with Crippen molar-refractivity contribution in [2.75, 3.05) is 17.4 Å². The van der Waals surface area contributed by atoms with Crippen LogP contribution in [0, 0.1) is 6.92 Å². The Kier molecular flexibility index (Phi) is 11.2. The van der Waals surface area contributed by atoms with Crippen LogP contribution >= 0.6 is 11.6 Å². The summed E-state index contributed by atoms with van der Waals surface area (Å²) >= 11 is 6.45. The standard InChI is InChI=1S/C31H38ClN3O4S/c1-5-20-33-31(37)28(7-3)34(21-25-13-8-10-14-27(25)32)30(36)22-35(29-15-11-9-12-24(29)6-2)40(38,39)26-18-16-23(4)17-19-26/h8-19,28H,5-7,20-22H2,1-4H3,(H,33,37)/t28-/m0/s1. The third-order valence-corrected chi connectivity index (χ3v) is 8.91. The van der Waals surface area contributed by atoms with Gasteiger partial charge in [0, 0.05) is 18.1 Å². The van der Waals surface area contributed by atoms with E-state index in [1.165, 1.54) is 4.90 Å². The number of hydrogen-bond donors (Lipinski definition) is 1. The molecule has 0 bridgehead atoms. The van der Waals surface area contributed by atoms with Gasteiger partial charge in [-0.05, 0) is 61.6 Å². The first-order valence-corrected chi connectivity index (χ1v) is 15.4. The minimum Gasteiger partial charge on any atom is -0.354 e. The van der Waals surface area contributed by atoms with E-state index in [0.717, 1.165) is 21.9 Å². The van der Waals surface area contributed by atoms with Crippen molar-refractivity contribution in [2.24, 2.45) is 0 Å². The molecule has 40 heavy (non-hydrogen) atoms. The van der Waals surface area contributed by atoms with E-state index in [4.69, 9.17) is 11.6 Å². The molecule has 0 aliphatic carbocycles. The van der Waals surface area contributed by atoms with Gasteiger partial charge in [0.15, 0.2) is 0 Å². The third kappa shape index (κ3) is 7.43. The van der Waals surface area contributed by atoms with Crippen LogP contribution < -0.4 is 9.62 Å². The summed E-state index contributed by atoms with van der Waals surface area (Å²) in [4.78, 5) is 28.9. The van der Waals surface area contributed by atoms with Crippen molar-refractivity contribution in [3.05, 3.63) is 94.5 Å². The number of amides is 2. The van der Waals surface area contributed by atoms with Crippen molar-refractivity contribution in [2.45, 2.75) is 64.4 Å². The third-order valence-electron chi connectivity index (χ3n) is 6.76. The van der Waals surface area contributed by atoms with Crippen LogP contribution in [0.4, 0.5) is 5.69 Å². The van der Waals surface area contributed by atoms with Gasteiger partial charge >= 0.3 is 0 Å². The molecule has 0 heterocycles. The van der Waals surface area contributed by atoms with E-state index in [9.17, 15) is 18.0 Å². The van der Waals surface area contributed by atoms with Crippen molar-refractivity contribution in [3.63, 3.8) is 0 Å². The first-order chi connectivity index (χ1) is 19.1. The zero-order valence-electron chi connectivity index (χ0n) is 23.6. The normalized spacial score (nSPS) is 12.0. The summed E-state index contributed by atoms with van der Waals surface area (Å²) in [5, 5.41) is 3.35. The average molecular weight is 584 g/mol. The monoisotopic (exact) mass is 583 g/mol. The highest BCUT2D eigenvalue weighted by Gasteiger charge is 2.34. The van der Waals surface area contributed by atoms with Crippen molar-refractivity contribution in [1.82, 2.24) is 10.2 Å². The quantitative estimate of drug-likeness (QED) is 0.278. The van der Waals surface area contributed by atoms with E-state index in [0.29, 0.717) is 35.7 Å². The highest BCUT2D eigenvalue weighted by atomic mass is 35.5. The topological polar surface area (TPSA) is 86.8 Å². The molecule has 2 amide bonds. The highest BCUT2D eigenvalue weighted by molar-refractivity contribution is 7.92. The van der Waals surface area contributed by atoms with Crippen molar-refractivity contribution >= 4 is 39.1 Å². The number of halogens is 1. The zero-order chi connectivity index (χ0) is 29.3. The number of benzene rings is 3. The zero-order valence-corrected chi connectivity index (χ0v) is 25.1. The summed E-state index contributed by atoms with van der Waals surface area (Å²) in [5.74, 6) is -0.785. The van der Waals surface area contributed by atoms with Crippen LogP contribution in [0.2, 0.25) is 5.02 Å². The van der Waals surface area contributed by atoms with Gasteiger partial charge in [0.2, 0.25) is 11.8 Å². The molecule has 0 saturated heterocycles. The number of rotatable bonds is 13. The second-order valence-corrected chi connectivity index (χ2v) is 11.9. The van der Waals surface area contributed by atoms with Crippen LogP contribution in [-0.2, 0) is 32.6 Å². The molecular weight excluding hydrogens is 546 g/mol. The Morgan fingerprint density at radius 2 is 1.52 bits per heavy atom. The van der Waals surface area contributed by atoms with E-state index >= 15 is 0 Å². The number of para-hydroxylation sites is 1. The van der Waals surface area contributed by atoms with Gasteiger partial charge < -0.3 is 10.2 Å². The minimum atomic E-state index is -4.12. The molecule has 1 atom stereocenters. The van der Waals surface area contributed by atoms with E-state index < -0.39 is 28.5 Å². The predicted molar refractivity (Wildman–Crippen MR) is 161 cm³/mol. The molecule has 0 aromatic heterocycles. The lowest BCUT2D eigenvalue weighted by atomic mass is 10.1. The number of carbonyl (C=O) groups is 2. The molecule has 0 spiro atoms. The Balaban J connectivity index is 2.10. The Morgan fingerprint density at radius 3 is 2.12 bits per heavy atom. The molecular formula is C31H38ClN3O4S. The number of carbonyl (C=O) groups excluding carboxylic acids is 2. The first-order valence-electron chi connectivity index (χ1n) is 13.6. The molecule has 3 aromatic carbocycles. The van der Waals surface area contributed by atoms with Gasteiger partial charge in [0.25, 0.3) is 10.0 Å². The Labute approximate surface area is 243 Å². The van der Waals surface area contributed by atoms with Crippen LogP contribution in [0.3, 0.4) is 0 Å². The second-order valence-electron chi connectivity index (χ2n) is 9.64. The first kappa shape index (κ1) is 31.2. The second kappa shape index (κ2) is 14.3. The summed E-state index contributed by atoms with van der Waals surface area (Å²) in [6.45, 7) is 7.65. The maximum Gasteiger partial charge on any atom is 0.264 e. The summed E-state index contributed by atoms with van der Waals surface area (Å²) in [7, 11) is -4.12. The molecule has 214 valence electrons. The lowest BCUT2D eigenvalue weighted by molar-refractivity contribution is -0.140. The fourth-order valence-electron chi connectivity index (χ4n) is 4.50. The minimum absolute atomic E-state index is 0.0599. The van der Waals surface area contributed by atoms with Gasteiger partial charge in [-0.25, -0.2) is 8.42 Å². The van der Waals surface area contributed by atoms with Crippen molar-refractivity contribution < 1.29 is 18.0 Å². The van der Waals surface area contributed by atoms with Gasteiger partial charge in [-0.15, -0.1) is 0 Å². The molecule has 0 aliphatic rings. The van der Waals surface area contributed by atoms with Gasteiger partial charge in [0.05, 0.1) is 10.6 Å². The molecule has 9 heteroatoms. The molecule has 3 aromatic rings. The molecule has 0 unspecified atom stereocenters. The van der Waals surface area contributed by atoms with Crippen LogP contribution in [0.15, 0.2) is 77.7 Å². The maximum atomic E-state index is 14.1. The summed E-state index contributed by atoms with van der Waals surface area (Å²) in [5.41, 5.74) is 2.81. The Hall–Kier alpha value is -3.36. The van der Waals surface area contributed by atoms with Crippen LogP contribution in [0.5, 0.6) is 0 Å². The molecule has 0 saturated carbocycles. The molecule has 0 radical (unpaired) electrons. The fourth-order valence-corrected chi connectivity index (χ4v) is 6.15. The van der Waals surface area contributed by atoms with Crippen molar-refractivity contribution in [3.8, 4) is 0 Å². The lowest BCUT2D eigenvalue weighted by Crippen LogP contribution is -2.52. The molecule has 3 rings (SSSR count). The largest absolute Gasteiger partial charge is 0.354 e. The summed E-state index contributed by atoms with van der Waals surface area (Å²) in [6, 6.07) is 20.0. The molecule has 7 nitrogen and oxygen atoms in total. The number of nitrogens with one attached hydrogen (secondary N) is 1. The van der Waals surface area contributed by atoms with Gasteiger partial charge in [-0.3, -0.25) is 13.9 Å². The Morgan fingerprint density at radius 1 is 0.900 bits per heavy atom. The highest BCUT2D eigenvalue weighted by Crippen LogP contribution is 2.29. The van der Waals surface area contributed by atoms with Gasteiger partial charge in [0.1, 0.15) is 12.6 Å². The Bertz CT molecular complexity index is 1410. The molecule has 0 aliphatic heterocycles.